The number of piperidine rings is 1. The zero-order valence-corrected chi connectivity index (χ0v) is 31.4. The summed E-state index contributed by atoms with van der Waals surface area (Å²) in [5.74, 6) is 1.38. The molecular weight excluding hydrogens is 647 g/mol. The Labute approximate surface area is 310 Å². The van der Waals surface area contributed by atoms with E-state index in [2.05, 4.69) is 93.8 Å². The summed E-state index contributed by atoms with van der Waals surface area (Å²) in [7, 11) is 0. The van der Waals surface area contributed by atoms with Gasteiger partial charge < -0.3 is 19.3 Å². The predicted octanol–water partition coefficient (Wildman–Crippen LogP) is 10.8. The van der Waals surface area contributed by atoms with Crippen LogP contribution in [0.1, 0.15) is 94.6 Å². The molecule has 1 N–H and O–H groups in total. The number of unbranched alkanes of at least 4 members (excludes halogenated alkanes) is 1. The summed E-state index contributed by atoms with van der Waals surface area (Å²) in [6, 6.07) is 35.1. The van der Waals surface area contributed by atoms with Gasteiger partial charge in [0, 0.05) is 29.0 Å². The van der Waals surface area contributed by atoms with Crippen LogP contribution in [0.5, 0.6) is 17.2 Å². The predicted molar refractivity (Wildman–Crippen MR) is 208 cm³/mol. The SMILES string of the molecule is C=C(C)[C@@H]1CC2(CCN(Cc3ccccc3Oc3ccccc3)CC2)[C@@H](CCCC)O[C@H]1c1cc(C(C)(C)c2ccccc2)ccc1OCC(=O)O. The van der Waals surface area contributed by atoms with Crippen LogP contribution in [-0.4, -0.2) is 41.8 Å². The van der Waals surface area contributed by atoms with Gasteiger partial charge in [-0.15, -0.1) is 0 Å². The van der Waals surface area contributed by atoms with Gasteiger partial charge in [0.1, 0.15) is 17.2 Å². The van der Waals surface area contributed by atoms with E-state index in [0.29, 0.717) is 5.75 Å². The molecule has 0 radical (unpaired) electrons. The van der Waals surface area contributed by atoms with Gasteiger partial charge in [-0.1, -0.05) is 119 Å². The van der Waals surface area contributed by atoms with Crippen LogP contribution in [0.15, 0.2) is 115 Å². The van der Waals surface area contributed by atoms with E-state index in [9.17, 15) is 9.90 Å². The molecule has 6 heteroatoms. The minimum Gasteiger partial charge on any atom is -0.482 e. The first kappa shape index (κ1) is 37.4. The standard InChI is InChI=1S/C46H55NO5/c1-6-7-22-42-46(25-27-47(28-26-46)31-34-16-14-15-21-40(34)51-37-19-12-9-13-20-37)30-39(33(2)3)44(52-42)38-29-36(23-24-41(38)50-32-43(48)49)45(4,5)35-17-10-8-11-18-35/h8-21,23-24,29,39,42,44H,2,6-7,22,25-28,30-32H2,1,3-5H3,(H,48,49)/t39-,42+,44-/m0/s1. The summed E-state index contributed by atoms with van der Waals surface area (Å²) in [6.07, 6.45) is 6.03. The summed E-state index contributed by atoms with van der Waals surface area (Å²) in [5.41, 5.74) is 5.28. The van der Waals surface area contributed by atoms with Crippen LogP contribution in [0, 0.1) is 11.3 Å². The number of likely N-dealkylation sites (tertiary alicyclic amines) is 1. The molecular formula is C46H55NO5. The molecule has 2 heterocycles. The fourth-order valence-corrected chi connectivity index (χ4v) is 8.30. The number of ether oxygens (including phenoxy) is 3. The second kappa shape index (κ2) is 16.5. The molecule has 52 heavy (non-hydrogen) atoms. The maximum Gasteiger partial charge on any atom is 0.341 e. The van der Waals surface area contributed by atoms with E-state index < -0.39 is 12.6 Å². The fourth-order valence-electron chi connectivity index (χ4n) is 8.30. The van der Waals surface area contributed by atoms with Crippen molar-refractivity contribution in [2.24, 2.45) is 11.3 Å². The number of carboxylic acids is 1. The second-order valence-electron chi connectivity index (χ2n) is 15.4. The largest absolute Gasteiger partial charge is 0.482 e. The molecule has 6 rings (SSSR count). The monoisotopic (exact) mass is 701 g/mol. The maximum atomic E-state index is 11.7. The molecule has 0 saturated carbocycles. The molecule has 4 aromatic carbocycles. The minimum atomic E-state index is -0.999. The van der Waals surface area contributed by atoms with Crippen molar-refractivity contribution in [3.63, 3.8) is 0 Å². The highest BCUT2D eigenvalue weighted by molar-refractivity contribution is 5.68. The smallest absolute Gasteiger partial charge is 0.341 e. The maximum absolute atomic E-state index is 11.7. The number of rotatable bonds is 14. The Hall–Kier alpha value is -4.39. The summed E-state index contributed by atoms with van der Waals surface area (Å²) < 4.78 is 19.7. The Kier molecular flexibility index (Phi) is 11.9. The van der Waals surface area contributed by atoms with Crippen LogP contribution in [0.25, 0.3) is 0 Å². The molecule has 2 aliphatic heterocycles. The van der Waals surface area contributed by atoms with E-state index >= 15 is 0 Å². The third-order valence-corrected chi connectivity index (χ3v) is 11.5. The lowest BCUT2D eigenvalue weighted by Crippen LogP contribution is -2.52. The van der Waals surface area contributed by atoms with Gasteiger partial charge in [-0.2, -0.15) is 0 Å². The van der Waals surface area contributed by atoms with Crippen molar-refractivity contribution in [3.8, 4) is 17.2 Å². The second-order valence-corrected chi connectivity index (χ2v) is 15.4. The highest BCUT2D eigenvalue weighted by Crippen LogP contribution is 2.55. The molecule has 274 valence electrons. The minimum absolute atomic E-state index is 0.0227. The molecule has 0 aliphatic carbocycles. The molecule has 0 aromatic heterocycles. The van der Waals surface area contributed by atoms with Crippen molar-refractivity contribution < 1.29 is 24.1 Å². The Morgan fingerprint density at radius 2 is 1.60 bits per heavy atom. The highest BCUT2D eigenvalue weighted by atomic mass is 16.5. The third-order valence-electron chi connectivity index (χ3n) is 11.5. The lowest BCUT2D eigenvalue weighted by Gasteiger charge is -2.54. The van der Waals surface area contributed by atoms with Gasteiger partial charge in [-0.3, -0.25) is 4.90 Å². The zero-order chi connectivity index (χ0) is 36.7. The van der Waals surface area contributed by atoms with Crippen LogP contribution in [0.4, 0.5) is 0 Å². The van der Waals surface area contributed by atoms with Crippen LogP contribution >= 0.6 is 0 Å². The van der Waals surface area contributed by atoms with Gasteiger partial charge in [0.2, 0.25) is 0 Å². The molecule has 2 fully saturated rings. The van der Waals surface area contributed by atoms with E-state index in [-0.39, 0.29) is 29.0 Å². The molecule has 2 saturated heterocycles. The van der Waals surface area contributed by atoms with Gasteiger partial charge in [0.15, 0.2) is 6.61 Å². The van der Waals surface area contributed by atoms with Crippen molar-refractivity contribution in [2.45, 2.75) is 90.4 Å². The quantitative estimate of drug-likeness (QED) is 0.132. The number of hydrogen-bond acceptors (Lipinski definition) is 5. The Balaban J connectivity index is 1.27. The molecule has 0 bridgehead atoms. The summed E-state index contributed by atoms with van der Waals surface area (Å²) >= 11 is 0. The van der Waals surface area contributed by atoms with Crippen LogP contribution in [0.2, 0.25) is 0 Å². The van der Waals surface area contributed by atoms with Gasteiger partial charge in [-0.25, -0.2) is 4.79 Å². The Bertz CT molecular complexity index is 1790. The topological polar surface area (TPSA) is 68.2 Å². The van der Waals surface area contributed by atoms with Crippen molar-refractivity contribution in [3.05, 3.63) is 138 Å². The van der Waals surface area contributed by atoms with Crippen molar-refractivity contribution in [1.82, 2.24) is 4.90 Å². The molecule has 6 nitrogen and oxygen atoms in total. The van der Waals surface area contributed by atoms with Crippen molar-refractivity contribution in [2.75, 3.05) is 19.7 Å². The molecule has 0 unspecified atom stereocenters. The average Bonchev–Trinajstić information content (AvgIpc) is 3.15. The highest BCUT2D eigenvalue weighted by Gasteiger charge is 2.50. The zero-order valence-electron chi connectivity index (χ0n) is 31.4. The molecule has 2 aliphatic rings. The first-order valence-corrected chi connectivity index (χ1v) is 19.0. The number of para-hydroxylation sites is 2. The Morgan fingerprint density at radius 3 is 2.27 bits per heavy atom. The number of hydrogen-bond donors (Lipinski definition) is 1. The van der Waals surface area contributed by atoms with E-state index in [0.717, 1.165) is 86.4 Å². The number of nitrogens with zero attached hydrogens (tertiary/aromatic N) is 1. The lowest BCUT2D eigenvalue weighted by molar-refractivity contribution is -0.173. The van der Waals surface area contributed by atoms with Gasteiger partial charge in [-0.05, 0) is 92.6 Å². The van der Waals surface area contributed by atoms with Crippen LogP contribution in [0.3, 0.4) is 0 Å². The van der Waals surface area contributed by atoms with E-state index in [1.165, 1.54) is 11.1 Å². The van der Waals surface area contributed by atoms with Crippen molar-refractivity contribution in [1.29, 1.82) is 0 Å². The van der Waals surface area contributed by atoms with Gasteiger partial charge in [0.05, 0.1) is 12.2 Å². The number of aliphatic carboxylic acids is 1. The molecule has 4 aromatic rings. The molecule has 0 amide bonds. The number of carboxylic acid groups (broad SMARTS) is 1. The van der Waals surface area contributed by atoms with Crippen LogP contribution in [-0.2, 0) is 21.5 Å². The fraction of sp³-hybridized carbons (Fsp3) is 0.413. The number of carbonyl (C=O) groups is 1. The summed E-state index contributed by atoms with van der Waals surface area (Å²) in [5, 5.41) is 9.57. The normalized spacial score (nSPS) is 20.3. The van der Waals surface area contributed by atoms with E-state index in [1.807, 2.05) is 48.5 Å². The Morgan fingerprint density at radius 1 is 0.923 bits per heavy atom. The average molecular weight is 702 g/mol. The molecule has 1 spiro atoms. The van der Waals surface area contributed by atoms with E-state index in [1.54, 1.807) is 0 Å². The first-order valence-electron chi connectivity index (χ1n) is 19.0. The third kappa shape index (κ3) is 8.46. The summed E-state index contributed by atoms with van der Waals surface area (Å²) in [4.78, 5) is 14.2. The van der Waals surface area contributed by atoms with Gasteiger partial charge >= 0.3 is 5.97 Å². The number of benzene rings is 4. The van der Waals surface area contributed by atoms with Gasteiger partial charge in [0.25, 0.3) is 0 Å². The molecule has 3 atom stereocenters. The van der Waals surface area contributed by atoms with Crippen molar-refractivity contribution >= 4 is 5.97 Å². The van der Waals surface area contributed by atoms with Crippen LogP contribution < -0.4 is 9.47 Å². The first-order chi connectivity index (χ1) is 25.1. The summed E-state index contributed by atoms with van der Waals surface area (Å²) in [6.45, 7) is 15.7. The lowest BCUT2D eigenvalue weighted by atomic mass is 9.62. The van der Waals surface area contributed by atoms with E-state index in [4.69, 9.17) is 14.2 Å².